The number of hydrogen-bond donors (Lipinski definition) is 3. The van der Waals surface area contributed by atoms with Gasteiger partial charge in [0, 0.05) is 29.7 Å². The molecule has 1 aromatic heterocycles. The van der Waals surface area contributed by atoms with E-state index in [0.717, 1.165) is 35.0 Å². The molecule has 1 aliphatic rings. The number of aromatic nitrogens is 1. The molecule has 2 aromatic rings. The highest BCUT2D eigenvalue weighted by Gasteiger charge is 2.34. The number of hydrogen-bond acceptors (Lipinski definition) is 3. The molecule has 0 saturated heterocycles. The maximum absolute atomic E-state index is 13.1. The Hall–Kier alpha value is -2.53. The second-order valence-electron chi connectivity index (χ2n) is 10.0. The quantitative estimate of drug-likeness (QED) is 0.542. The molecule has 0 aliphatic carbocycles. The van der Waals surface area contributed by atoms with Gasteiger partial charge in [0.2, 0.25) is 5.91 Å². The highest BCUT2D eigenvalue weighted by molar-refractivity contribution is 6.00. The van der Waals surface area contributed by atoms with Crippen LogP contribution in [0.4, 0.5) is 5.69 Å². The number of H-pyrrole nitrogens is 1. The van der Waals surface area contributed by atoms with Crippen LogP contribution in [0.15, 0.2) is 42.6 Å². The number of amides is 1. The van der Waals surface area contributed by atoms with Gasteiger partial charge in [0.05, 0.1) is 18.2 Å². The maximum Gasteiger partial charge on any atom is 0.243 e. The standard InChI is InChI=1S/C27H39N3O2/c1-8-27(6,13-9-10-17(2)3)21-11-12-22-23-19(15-28-24(21)23)14-20(16-31)29-26(32)25(18(4)5)30(22)7/h8,10-12,15,18,20,25,28,31H,1,9,13-14,16H2,2-7H3,(H,29,32)/t20-,25+,27?/m1/s1. The van der Waals surface area contributed by atoms with Gasteiger partial charge < -0.3 is 20.3 Å². The van der Waals surface area contributed by atoms with Crippen molar-refractivity contribution in [3.05, 3.63) is 53.8 Å². The Morgan fingerprint density at radius 2 is 2.09 bits per heavy atom. The lowest BCUT2D eigenvalue weighted by Crippen LogP contribution is -2.52. The SMILES string of the molecule is C=CC(C)(CCC=C(C)C)c1ccc2c3c(c[nH]c13)C[C@H](CO)NC(=O)[C@H](C(C)C)N2C. The van der Waals surface area contributed by atoms with Crippen LogP contribution in [0.25, 0.3) is 10.9 Å². The van der Waals surface area contributed by atoms with Crippen LogP contribution in [0.1, 0.15) is 58.6 Å². The predicted octanol–water partition coefficient (Wildman–Crippen LogP) is 4.85. The van der Waals surface area contributed by atoms with Crippen molar-refractivity contribution in [1.82, 2.24) is 10.3 Å². The lowest BCUT2D eigenvalue weighted by Gasteiger charge is -2.33. The topological polar surface area (TPSA) is 68.4 Å². The summed E-state index contributed by atoms with van der Waals surface area (Å²) in [4.78, 5) is 18.7. The number of allylic oxidation sites excluding steroid dienone is 3. The molecule has 174 valence electrons. The minimum Gasteiger partial charge on any atom is -0.394 e. The highest BCUT2D eigenvalue weighted by Crippen LogP contribution is 2.41. The van der Waals surface area contributed by atoms with Crippen LogP contribution in [0.3, 0.4) is 0 Å². The van der Waals surface area contributed by atoms with Gasteiger partial charge in [-0.3, -0.25) is 4.79 Å². The summed E-state index contributed by atoms with van der Waals surface area (Å²) >= 11 is 0. The molecule has 0 radical (unpaired) electrons. The van der Waals surface area contributed by atoms with E-state index in [4.69, 9.17) is 0 Å². The zero-order chi connectivity index (χ0) is 23.6. The molecule has 3 N–H and O–H groups in total. The second-order valence-corrected chi connectivity index (χ2v) is 10.0. The fourth-order valence-electron chi connectivity index (χ4n) is 5.03. The summed E-state index contributed by atoms with van der Waals surface area (Å²) in [7, 11) is 2.00. The first-order valence-corrected chi connectivity index (χ1v) is 11.7. The molecule has 0 spiro atoms. The first-order chi connectivity index (χ1) is 15.1. The lowest BCUT2D eigenvalue weighted by atomic mass is 9.77. The molecule has 0 bridgehead atoms. The predicted molar refractivity (Wildman–Crippen MR) is 134 cm³/mol. The number of nitrogens with one attached hydrogen (secondary N) is 2. The third kappa shape index (κ3) is 4.49. The average Bonchev–Trinajstić information content (AvgIpc) is 3.16. The number of benzene rings is 1. The Kier molecular flexibility index (Phi) is 7.19. The van der Waals surface area contributed by atoms with E-state index in [1.807, 2.05) is 13.2 Å². The number of anilines is 1. The van der Waals surface area contributed by atoms with Crippen LogP contribution < -0.4 is 10.2 Å². The van der Waals surface area contributed by atoms with Gasteiger partial charge in [-0.1, -0.05) is 44.6 Å². The van der Waals surface area contributed by atoms with Crippen LogP contribution >= 0.6 is 0 Å². The number of rotatable bonds is 7. The molecule has 5 heteroatoms. The van der Waals surface area contributed by atoms with Gasteiger partial charge in [0.25, 0.3) is 0 Å². The van der Waals surface area contributed by atoms with Crippen LogP contribution in [-0.4, -0.2) is 41.7 Å². The molecule has 3 atom stereocenters. The van der Waals surface area contributed by atoms with Crippen LogP contribution in [0.5, 0.6) is 0 Å². The van der Waals surface area contributed by atoms with Gasteiger partial charge in [-0.05, 0) is 56.2 Å². The van der Waals surface area contributed by atoms with Crippen molar-refractivity contribution in [3.8, 4) is 0 Å². The average molecular weight is 438 g/mol. The molecule has 1 aromatic carbocycles. The highest BCUT2D eigenvalue weighted by atomic mass is 16.3. The van der Waals surface area contributed by atoms with E-state index >= 15 is 0 Å². The zero-order valence-electron chi connectivity index (χ0n) is 20.5. The monoisotopic (exact) mass is 437 g/mol. The zero-order valence-corrected chi connectivity index (χ0v) is 20.5. The molecule has 1 aliphatic heterocycles. The number of carbonyl (C=O) groups is 1. The summed E-state index contributed by atoms with van der Waals surface area (Å²) in [5.74, 6) is 0.0858. The molecule has 32 heavy (non-hydrogen) atoms. The third-order valence-corrected chi connectivity index (χ3v) is 6.91. The largest absolute Gasteiger partial charge is 0.394 e. The first kappa shape index (κ1) is 24.1. The Morgan fingerprint density at radius 3 is 2.69 bits per heavy atom. The maximum atomic E-state index is 13.1. The number of likely N-dealkylation sites (N-methyl/N-ethyl adjacent to an activating group) is 1. The van der Waals surface area contributed by atoms with Gasteiger partial charge in [-0.2, -0.15) is 0 Å². The molecule has 5 nitrogen and oxygen atoms in total. The number of aliphatic hydroxyl groups is 1. The molecule has 3 rings (SSSR count). The van der Waals surface area contributed by atoms with Crippen molar-refractivity contribution in [2.24, 2.45) is 5.92 Å². The van der Waals surface area contributed by atoms with E-state index in [1.165, 1.54) is 11.1 Å². The summed E-state index contributed by atoms with van der Waals surface area (Å²) in [6, 6.07) is 3.71. The van der Waals surface area contributed by atoms with Gasteiger partial charge >= 0.3 is 0 Å². The summed E-state index contributed by atoms with van der Waals surface area (Å²) in [5, 5.41) is 14.2. The van der Waals surface area contributed by atoms with Crippen molar-refractivity contribution in [3.63, 3.8) is 0 Å². The van der Waals surface area contributed by atoms with E-state index < -0.39 is 0 Å². The fourth-order valence-corrected chi connectivity index (χ4v) is 5.03. The van der Waals surface area contributed by atoms with Crippen LogP contribution in [0.2, 0.25) is 0 Å². The molecular formula is C27H39N3O2. The Labute approximate surface area is 192 Å². The van der Waals surface area contributed by atoms with E-state index in [-0.39, 0.29) is 35.9 Å². The summed E-state index contributed by atoms with van der Waals surface area (Å²) in [6.07, 6.45) is 8.91. The van der Waals surface area contributed by atoms with Crippen molar-refractivity contribution in [2.75, 3.05) is 18.6 Å². The Morgan fingerprint density at radius 1 is 1.38 bits per heavy atom. The molecule has 2 heterocycles. The molecule has 0 saturated carbocycles. The number of nitrogens with zero attached hydrogens (tertiary/aromatic N) is 1. The van der Waals surface area contributed by atoms with Gasteiger partial charge in [-0.25, -0.2) is 0 Å². The second kappa shape index (κ2) is 9.53. The molecule has 1 amide bonds. The summed E-state index contributed by atoms with van der Waals surface area (Å²) in [5.41, 5.74) is 5.61. The minimum atomic E-state index is -0.317. The van der Waals surface area contributed by atoms with Crippen molar-refractivity contribution < 1.29 is 9.90 Å². The molecular weight excluding hydrogens is 398 g/mol. The van der Waals surface area contributed by atoms with Crippen LogP contribution in [0, 0.1) is 5.92 Å². The smallest absolute Gasteiger partial charge is 0.243 e. The number of aromatic amines is 1. The number of aliphatic hydroxyl groups excluding tert-OH is 1. The third-order valence-electron chi connectivity index (χ3n) is 6.91. The van der Waals surface area contributed by atoms with E-state index in [0.29, 0.717) is 6.42 Å². The van der Waals surface area contributed by atoms with E-state index in [9.17, 15) is 9.90 Å². The van der Waals surface area contributed by atoms with Gasteiger partial charge in [-0.15, -0.1) is 6.58 Å². The van der Waals surface area contributed by atoms with E-state index in [2.05, 4.69) is 80.7 Å². The van der Waals surface area contributed by atoms with Gasteiger partial charge in [0.1, 0.15) is 6.04 Å². The first-order valence-electron chi connectivity index (χ1n) is 11.7. The van der Waals surface area contributed by atoms with Gasteiger partial charge in [0.15, 0.2) is 0 Å². The van der Waals surface area contributed by atoms with Crippen LogP contribution in [-0.2, 0) is 16.6 Å². The summed E-state index contributed by atoms with van der Waals surface area (Å²) < 4.78 is 0. The minimum absolute atomic E-state index is 0.0365. The molecule has 1 unspecified atom stereocenters. The molecule has 0 fully saturated rings. The Balaban J connectivity index is 2.20. The summed E-state index contributed by atoms with van der Waals surface area (Å²) in [6.45, 7) is 14.7. The van der Waals surface area contributed by atoms with Crippen molar-refractivity contribution >= 4 is 22.5 Å². The number of carbonyl (C=O) groups excluding carboxylic acids is 1. The normalized spacial score (nSPS) is 20.9. The lowest BCUT2D eigenvalue weighted by molar-refractivity contribution is -0.124. The van der Waals surface area contributed by atoms with E-state index in [1.54, 1.807) is 0 Å². The van der Waals surface area contributed by atoms with Crippen molar-refractivity contribution in [2.45, 2.75) is 71.4 Å². The Bertz CT molecular complexity index is 1020. The van der Waals surface area contributed by atoms with Crippen molar-refractivity contribution in [1.29, 1.82) is 0 Å². The fraction of sp³-hybridized carbons (Fsp3) is 0.519.